The summed E-state index contributed by atoms with van der Waals surface area (Å²) in [5, 5.41) is 0.662. The Balaban J connectivity index is 1.86. The van der Waals surface area contributed by atoms with Crippen molar-refractivity contribution in [3.8, 4) is 0 Å². The molecule has 1 unspecified atom stereocenters. The first-order valence-electron chi connectivity index (χ1n) is 12.2. The first kappa shape index (κ1) is 25.0. The van der Waals surface area contributed by atoms with Crippen LogP contribution in [0.25, 0.3) is 11.0 Å². The van der Waals surface area contributed by atoms with Gasteiger partial charge in [0.05, 0.1) is 17.1 Å². The number of nitrogens with zero attached hydrogens (tertiary/aromatic N) is 3. The minimum atomic E-state index is -0.231. The zero-order valence-corrected chi connectivity index (χ0v) is 21.4. The predicted molar refractivity (Wildman–Crippen MR) is 144 cm³/mol. The highest BCUT2D eigenvalue weighted by atomic mass is 35.5. The van der Waals surface area contributed by atoms with Gasteiger partial charge in [0.2, 0.25) is 0 Å². The van der Waals surface area contributed by atoms with Crippen molar-refractivity contribution in [3.63, 3.8) is 0 Å². The summed E-state index contributed by atoms with van der Waals surface area (Å²) in [6, 6.07) is 23.6. The summed E-state index contributed by atoms with van der Waals surface area (Å²) >= 11 is 6.40. The SMILES string of the molecule is Cc1ccc(C(=O)N(CCCN)C(c2nc3ccc(Cl)cc3n2Cc2ccccc2)C(C)C)cc1. The summed E-state index contributed by atoms with van der Waals surface area (Å²) in [5.74, 6) is 0.982. The minimum Gasteiger partial charge on any atom is -0.330 e. The number of aryl methyl sites for hydroxylation is 1. The molecule has 1 amide bonds. The number of benzene rings is 3. The number of amides is 1. The van der Waals surface area contributed by atoms with Crippen LogP contribution >= 0.6 is 11.6 Å². The topological polar surface area (TPSA) is 64.2 Å². The molecule has 0 aliphatic carbocycles. The number of rotatable bonds is 9. The average Bonchev–Trinajstić information content (AvgIpc) is 3.18. The van der Waals surface area contributed by atoms with Gasteiger partial charge in [-0.2, -0.15) is 0 Å². The van der Waals surface area contributed by atoms with Gasteiger partial charge in [-0.1, -0.05) is 73.5 Å². The number of halogens is 1. The monoisotopic (exact) mass is 488 g/mol. The molecule has 0 radical (unpaired) electrons. The van der Waals surface area contributed by atoms with Crippen LogP contribution in [-0.4, -0.2) is 33.4 Å². The van der Waals surface area contributed by atoms with Crippen molar-refractivity contribution in [1.29, 1.82) is 0 Å². The second-order valence-corrected chi connectivity index (χ2v) is 9.81. The third-order valence-electron chi connectivity index (χ3n) is 6.32. The largest absolute Gasteiger partial charge is 0.330 e. The number of imidazole rings is 1. The van der Waals surface area contributed by atoms with Crippen molar-refractivity contribution < 1.29 is 4.79 Å². The number of hydrogen-bond donors (Lipinski definition) is 1. The molecule has 4 rings (SSSR count). The van der Waals surface area contributed by atoms with Crippen molar-refractivity contribution in [2.45, 2.75) is 39.8 Å². The molecule has 1 aromatic heterocycles. The predicted octanol–water partition coefficient (Wildman–Crippen LogP) is 6.23. The molecule has 1 heterocycles. The third kappa shape index (κ3) is 5.58. The van der Waals surface area contributed by atoms with Gasteiger partial charge in [0.1, 0.15) is 5.82 Å². The summed E-state index contributed by atoms with van der Waals surface area (Å²) in [6.45, 7) is 8.01. The van der Waals surface area contributed by atoms with Crippen LogP contribution in [0.4, 0.5) is 0 Å². The first-order valence-corrected chi connectivity index (χ1v) is 12.5. The normalized spacial score (nSPS) is 12.3. The molecular formula is C29H33ClN4O. The summed E-state index contributed by atoms with van der Waals surface area (Å²) in [7, 11) is 0. The van der Waals surface area contributed by atoms with Gasteiger partial charge in [0.15, 0.2) is 0 Å². The van der Waals surface area contributed by atoms with Gasteiger partial charge < -0.3 is 15.2 Å². The minimum absolute atomic E-state index is 0.00602. The fraction of sp³-hybridized carbons (Fsp3) is 0.310. The van der Waals surface area contributed by atoms with E-state index in [1.807, 2.05) is 72.5 Å². The highest BCUT2D eigenvalue weighted by Crippen LogP contribution is 2.33. The number of aromatic nitrogens is 2. The van der Waals surface area contributed by atoms with E-state index in [2.05, 4.69) is 30.5 Å². The zero-order chi connectivity index (χ0) is 24.9. The van der Waals surface area contributed by atoms with Crippen LogP contribution in [0.3, 0.4) is 0 Å². The molecule has 0 bridgehead atoms. The zero-order valence-electron chi connectivity index (χ0n) is 20.6. The van der Waals surface area contributed by atoms with E-state index in [0.29, 0.717) is 36.6 Å². The standard InChI is InChI=1S/C29H33ClN4O/c1-20(2)27(33(17-7-16-31)29(35)23-12-10-21(3)11-13-23)28-32-25-15-14-24(30)18-26(25)34(28)19-22-8-5-4-6-9-22/h4-6,8-15,18,20,27H,7,16-17,19,31H2,1-3H3. The Morgan fingerprint density at radius 3 is 2.43 bits per heavy atom. The fourth-order valence-corrected chi connectivity index (χ4v) is 4.73. The lowest BCUT2D eigenvalue weighted by molar-refractivity contribution is 0.0605. The molecule has 35 heavy (non-hydrogen) atoms. The Hall–Kier alpha value is -3.15. The van der Waals surface area contributed by atoms with Crippen LogP contribution < -0.4 is 5.73 Å². The van der Waals surface area contributed by atoms with E-state index < -0.39 is 0 Å². The Morgan fingerprint density at radius 2 is 1.77 bits per heavy atom. The van der Waals surface area contributed by atoms with E-state index in [4.69, 9.17) is 22.3 Å². The van der Waals surface area contributed by atoms with Gasteiger partial charge in [0, 0.05) is 23.7 Å². The van der Waals surface area contributed by atoms with E-state index >= 15 is 0 Å². The molecule has 4 aromatic rings. The molecule has 6 heteroatoms. The highest BCUT2D eigenvalue weighted by molar-refractivity contribution is 6.31. The molecular weight excluding hydrogens is 456 g/mol. The molecule has 0 spiro atoms. The van der Waals surface area contributed by atoms with Crippen LogP contribution in [0.15, 0.2) is 72.8 Å². The van der Waals surface area contributed by atoms with Gasteiger partial charge in [-0.15, -0.1) is 0 Å². The van der Waals surface area contributed by atoms with Gasteiger partial charge in [0.25, 0.3) is 5.91 Å². The van der Waals surface area contributed by atoms with Crippen molar-refractivity contribution in [3.05, 3.63) is 100 Å². The smallest absolute Gasteiger partial charge is 0.254 e. The Morgan fingerprint density at radius 1 is 1.06 bits per heavy atom. The number of carbonyl (C=O) groups excluding carboxylic acids is 1. The lowest BCUT2D eigenvalue weighted by atomic mass is 9.99. The lowest BCUT2D eigenvalue weighted by Crippen LogP contribution is -2.40. The van der Waals surface area contributed by atoms with Crippen LogP contribution in [0.2, 0.25) is 5.02 Å². The number of carbonyl (C=O) groups is 1. The maximum atomic E-state index is 13.8. The second kappa shape index (κ2) is 11.1. The van der Waals surface area contributed by atoms with E-state index in [9.17, 15) is 4.79 Å². The van der Waals surface area contributed by atoms with Gasteiger partial charge >= 0.3 is 0 Å². The van der Waals surface area contributed by atoms with Crippen molar-refractivity contribution >= 4 is 28.5 Å². The third-order valence-corrected chi connectivity index (χ3v) is 6.55. The average molecular weight is 489 g/mol. The summed E-state index contributed by atoms with van der Waals surface area (Å²) in [6.07, 6.45) is 0.714. The quantitative estimate of drug-likeness (QED) is 0.303. The van der Waals surface area contributed by atoms with Gasteiger partial charge in [-0.3, -0.25) is 4.79 Å². The molecule has 0 saturated carbocycles. The molecule has 0 saturated heterocycles. The maximum absolute atomic E-state index is 13.8. The molecule has 1 atom stereocenters. The van der Waals surface area contributed by atoms with E-state index in [1.165, 1.54) is 0 Å². The van der Waals surface area contributed by atoms with Gasteiger partial charge in [-0.25, -0.2) is 4.98 Å². The Labute approximate surface area is 212 Å². The van der Waals surface area contributed by atoms with Crippen LogP contribution in [0, 0.1) is 12.8 Å². The van der Waals surface area contributed by atoms with Crippen LogP contribution in [-0.2, 0) is 6.54 Å². The first-order chi connectivity index (χ1) is 16.9. The van der Waals surface area contributed by atoms with E-state index in [-0.39, 0.29) is 17.9 Å². The molecule has 5 nitrogen and oxygen atoms in total. The van der Waals surface area contributed by atoms with E-state index in [0.717, 1.165) is 28.0 Å². The number of fused-ring (bicyclic) bond motifs is 1. The van der Waals surface area contributed by atoms with Crippen molar-refractivity contribution in [1.82, 2.24) is 14.5 Å². The van der Waals surface area contributed by atoms with Crippen molar-refractivity contribution in [2.24, 2.45) is 11.7 Å². The lowest BCUT2D eigenvalue weighted by Gasteiger charge is -2.34. The second-order valence-electron chi connectivity index (χ2n) is 9.37. The van der Waals surface area contributed by atoms with Gasteiger partial charge in [-0.05, 0) is 61.7 Å². The molecule has 182 valence electrons. The summed E-state index contributed by atoms with van der Waals surface area (Å²) in [5.41, 5.74) is 10.7. The van der Waals surface area contributed by atoms with Crippen LogP contribution in [0.5, 0.6) is 0 Å². The fourth-order valence-electron chi connectivity index (χ4n) is 4.56. The Kier molecular flexibility index (Phi) is 7.89. The number of hydrogen-bond acceptors (Lipinski definition) is 3. The highest BCUT2D eigenvalue weighted by Gasteiger charge is 2.32. The summed E-state index contributed by atoms with van der Waals surface area (Å²) < 4.78 is 2.21. The summed E-state index contributed by atoms with van der Waals surface area (Å²) in [4.78, 5) is 20.9. The molecule has 3 aromatic carbocycles. The molecule has 0 fully saturated rings. The van der Waals surface area contributed by atoms with E-state index in [1.54, 1.807) is 0 Å². The van der Waals surface area contributed by atoms with Crippen molar-refractivity contribution in [2.75, 3.05) is 13.1 Å². The molecule has 0 aliphatic rings. The molecule has 0 aliphatic heterocycles. The maximum Gasteiger partial charge on any atom is 0.254 e. The van der Waals surface area contributed by atoms with Crippen LogP contribution in [0.1, 0.15) is 53.6 Å². The molecule has 2 N–H and O–H groups in total. The Bertz CT molecular complexity index is 1280. The number of nitrogens with two attached hydrogens (primary N) is 1.